The molecular formula is C8H16N4O. The van der Waals surface area contributed by atoms with E-state index in [4.69, 9.17) is 4.52 Å². The smallest absolute Gasteiger partial charge is 0.243 e. The molecule has 1 aromatic rings. The second-order valence-corrected chi connectivity index (χ2v) is 3.30. The predicted molar refractivity (Wildman–Crippen MR) is 49.2 cm³/mol. The third kappa shape index (κ3) is 2.78. The highest BCUT2D eigenvalue weighted by molar-refractivity contribution is 4.90. The fraction of sp³-hybridized carbons (Fsp3) is 0.750. The minimum absolute atomic E-state index is 0.114. The molecule has 1 rings (SSSR count). The predicted octanol–water partition coefficient (Wildman–Crippen LogP) is 0.412. The largest absolute Gasteiger partial charge is 0.338 e. The molecule has 5 heteroatoms. The number of rotatable bonds is 4. The van der Waals surface area contributed by atoms with E-state index in [1.54, 1.807) is 0 Å². The normalized spacial score (nSPS) is 13.6. The summed E-state index contributed by atoms with van der Waals surface area (Å²) < 4.78 is 5.07. The summed E-state index contributed by atoms with van der Waals surface area (Å²) in [7, 11) is 5.80. The molecule has 0 aromatic carbocycles. The molecule has 0 radical (unpaired) electrons. The number of hydrogen-bond acceptors (Lipinski definition) is 5. The lowest BCUT2D eigenvalue weighted by Crippen LogP contribution is -2.14. The van der Waals surface area contributed by atoms with E-state index in [1.807, 2.05) is 33.0 Å². The Balaban J connectivity index is 2.63. The van der Waals surface area contributed by atoms with Gasteiger partial charge in [-0.1, -0.05) is 5.16 Å². The fourth-order valence-corrected chi connectivity index (χ4v) is 0.914. The van der Waals surface area contributed by atoms with Crippen molar-refractivity contribution in [3.05, 3.63) is 11.7 Å². The van der Waals surface area contributed by atoms with Crippen molar-refractivity contribution in [1.82, 2.24) is 20.4 Å². The Kier molecular flexibility index (Phi) is 3.39. The maximum Gasteiger partial charge on any atom is 0.243 e. The topological polar surface area (TPSA) is 54.2 Å². The zero-order chi connectivity index (χ0) is 9.84. The molecule has 0 bridgehead atoms. The van der Waals surface area contributed by atoms with Gasteiger partial charge in [0.15, 0.2) is 5.82 Å². The van der Waals surface area contributed by atoms with E-state index < -0.39 is 0 Å². The van der Waals surface area contributed by atoms with Crippen molar-refractivity contribution in [2.75, 3.05) is 21.1 Å². The van der Waals surface area contributed by atoms with Gasteiger partial charge in [0.05, 0.1) is 12.6 Å². The highest BCUT2D eigenvalue weighted by Crippen LogP contribution is 2.08. The van der Waals surface area contributed by atoms with Crippen molar-refractivity contribution < 1.29 is 4.52 Å². The molecule has 1 heterocycles. The number of aromatic nitrogens is 2. The van der Waals surface area contributed by atoms with Crippen LogP contribution in [-0.2, 0) is 6.54 Å². The molecule has 1 N–H and O–H groups in total. The molecule has 74 valence electrons. The molecular weight excluding hydrogens is 168 g/mol. The Morgan fingerprint density at radius 1 is 1.54 bits per heavy atom. The molecule has 1 aromatic heterocycles. The van der Waals surface area contributed by atoms with Crippen LogP contribution in [0.5, 0.6) is 0 Å². The van der Waals surface area contributed by atoms with E-state index in [0.29, 0.717) is 12.4 Å². The maximum absolute atomic E-state index is 5.07. The molecule has 1 unspecified atom stereocenters. The zero-order valence-electron chi connectivity index (χ0n) is 8.53. The second-order valence-electron chi connectivity index (χ2n) is 3.30. The lowest BCUT2D eigenvalue weighted by atomic mass is 10.3. The lowest BCUT2D eigenvalue weighted by Gasteiger charge is -2.04. The maximum atomic E-state index is 5.07. The van der Waals surface area contributed by atoms with Crippen molar-refractivity contribution in [3.63, 3.8) is 0 Å². The SMILES string of the molecule is CNC(C)c1nc(CN(C)C)no1. The van der Waals surface area contributed by atoms with Crippen molar-refractivity contribution in [2.45, 2.75) is 19.5 Å². The molecule has 0 aliphatic carbocycles. The van der Waals surface area contributed by atoms with Crippen LogP contribution in [0.1, 0.15) is 24.7 Å². The molecule has 0 saturated carbocycles. The molecule has 0 aliphatic rings. The van der Waals surface area contributed by atoms with Gasteiger partial charge in [-0.05, 0) is 28.1 Å². The van der Waals surface area contributed by atoms with Crippen molar-refractivity contribution in [2.24, 2.45) is 0 Å². The Morgan fingerprint density at radius 3 is 2.77 bits per heavy atom. The standard InChI is InChI=1S/C8H16N4O/c1-6(9-2)8-10-7(11-13-8)5-12(3)4/h6,9H,5H2,1-4H3. The van der Waals surface area contributed by atoms with Gasteiger partial charge < -0.3 is 14.7 Å². The third-order valence-corrected chi connectivity index (χ3v) is 1.74. The quantitative estimate of drug-likeness (QED) is 0.734. The van der Waals surface area contributed by atoms with E-state index in [2.05, 4.69) is 15.5 Å². The summed E-state index contributed by atoms with van der Waals surface area (Å²) in [4.78, 5) is 6.24. The van der Waals surface area contributed by atoms with E-state index in [1.165, 1.54) is 0 Å². The van der Waals surface area contributed by atoms with E-state index >= 15 is 0 Å². The molecule has 5 nitrogen and oxygen atoms in total. The first-order valence-electron chi connectivity index (χ1n) is 4.28. The molecule has 0 saturated heterocycles. The summed E-state index contributed by atoms with van der Waals surface area (Å²) in [5.74, 6) is 1.36. The van der Waals surface area contributed by atoms with Gasteiger partial charge in [0.1, 0.15) is 0 Å². The first kappa shape index (κ1) is 10.1. The van der Waals surface area contributed by atoms with Crippen LogP contribution in [0.2, 0.25) is 0 Å². The first-order valence-corrected chi connectivity index (χ1v) is 4.28. The van der Waals surface area contributed by atoms with E-state index in [9.17, 15) is 0 Å². The summed E-state index contributed by atoms with van der Waals surface area (Å²) in [6, 6.07) is 0.114. The average Bonchev–Trinajstić information content (AvgIpc) is 2.50. The van der Waals surface area contributed by atoms with Crippen LogP contribution in [-0.4, -0.2) is 36.2 Å². The molecule has 13 heavy (non-hydrogen) atoms. The van der Waals surface area contributed by atoms with Gasteiger partial charge in [0, 0.05) is 0 Å². The van der Waals surface area contributed by atoms with Gasteiger partial charge in [0.2, 0.25) is 5.89 Å². The monoisotopic (exact) mass is 184 g/mol. The minimum atomic E-state index is 0.114. The van der Waals surface area contributed by atoms with Crippen molar-refractivity contribution in [3.8, 4) is 0 Å². The van der Waals surface area contributed by atoms with Crippen LogP contribution >= 0.6 is 0 Å². The van der Waals surface area contributed by atoms with Gasteiger partial charge in [-0.25, -0.2) is 0 Å². The van der Waals surface area contributed by atoms with Crippen LogP contribution < -0.4 is 5.32 Å². The Morgan fingerprint density at radius 2 is 2.23 bits per heavy atom. The molecule has 0 fully saturated rings. The number of nitrogens with one attached hydrogen (secondary N) is 1. The molecule has 0 amide bonds. The van der Waals surface area contributed by atoms with Crippen LogP contribution in [0.25, 0.3) is 0 Å². The van der Waals surface area contributed by atoms with Gasteiger partial charge in [0.25, 0.3) is 0 Å². The molecule has 1 atom stereocenters. The lowest BCUT2D eigenvalue weighted by molar-refractivity contribution is 0.331. The average molecular weight is 184 g/mol. The van der Waals surface area contributed by atoms with Gasteiger partial charge in [-0.15, -0.1) is 0 Å². The summed E-state index contributed by atoms with van der Waals surface area (Å²) in [6.07, 6.45) is 0. The third-order valence-electron chi connectivity index (χ3n) is 1.74. The number of hydrogen-bond donors (Lipinski definition) is 1. The molecule has 0 aliphatic heterocycles. The van der Waals surface area contributed by atoms with Gasteiger partial charge in [-0.2, -0.15) is 4.98 Å². The number of nitrogens with zero attached hydrogens (tertiary/aromatic N) is 3. The van der Waals surface area contributed by atoms with E-state index in [0.717, 1.165) is 5.82 Å². The van der Waals surface area contributed by atoms with Crippen LogP contribution in [0.3, 0.4) is 0 Å². The summed E-state index contributed by atoms with van der Waals surface area (Å²) in [5, 5.41) is 6.90. The summed E-state index contributed by atoms with van der Waals surface area (Å²) in [5.41, 5.74) is 0. The Hall–Kier alpha value is -0.940. The highest BCUT2D eigenvalue weighted by Gasteiger charge is 2.11. The van der Waals surface area contributed by atoms with Gasteiger partial charge in [-0.3, -0.25) is 0 Å². The Labute approximate surface area is 78.1 Å². The minimum Gasteiger partial charge on any atom is -0.338 e. The highest BCUT2D eigenvalue weighted by atomic mass is 16.5. The fourth-order valence-electron chi connectivity index (χ4n) is 0.914. The van der Waals surface area contributed by atoms with E-state index in [-0.39, 0.29) is 6.04 Å². The van der Waals surface area contributed by atoms with Crippen molar-refractivity contribution >= 4 is 0 Å². The molecule has 0 spiro atoms. The van der Waals surface area contributed by atoms with Crippen molar-refractivity contribution in [1.29, 1.82) is 0 Å². The summed E-state index contributed by atoms with van der Waals surface area (Å²) in [6.45, 7) is 2.69. The first-order chi connectivity index (χ1) is 6.13. The van der Waals surface area contributed by atoms with Crippen LogP contribution in [0.4, 0.5) is 0 Å². The van der Waals surface area contributed by atoms with Gasteiger partial charge >= 0.3 is 0 Å². The Bertz CT molecular complexity index is 258. The zero-order valence-corrected chi connectivity index (χ0v) is 8.53. The second kappa shape index (κ2) is 4.34. The summed E-state index contributed by atoms with van der Waals surface area (Å²) >= 11 is 0. The van der Waals surface area contributed by atoms with Crippen LogP contribution in [0.15, 0.2) is 4.52 Å². The van der Waals surface area contributed by atoms with Crippen LogP contribution in [0, 0.1) is 0 Å².